The number of unbranched alkanes of at least 4 members (excludes halogenated alkanes) is 17. The van der Waals surface area contributed by atoms with Crippen LogP contribution in [0.3, 0.4) is 0 Å². The van der Waals surface area contributed by atoms with Gasteiger partial charge in [-0.3, -0.25) is 9.59 Å². The maximum atomic E-state index is 13.4. The van der Waals surface area contributed by atoms with Gasteiger partial charge in [0.15, 0.2) is 12.4 Å². The van der Waals surface area contributed by atoms with Crippen LogP contribution < -0.4 is 5.32 Å². The average molecular weight is 1050 g/mol. The Labute approximate surface area is 454 Å². The summed E-state index contributed by atoms with van der Waals surface area (Å²) in [5.41, 5.74) is 0. The molecule has 1 fully saturated rings. The molecule has 6 N–H and O–H groups in total. The lowest BCUT2D eigenvalue weighted by Gasteiger charge is -2.41. The summed E-state index contributed by atoms with van der Waals surface area (Å²) in [6.45, 7) is 5.53. The molecule has 11 nitrogen and oxygen atoms in total. The van der Waals surface area contributed by atoms with E-state index in [1.165, 1.54) is 57.8 Å². The minimum atomic E-state index is -1.64. The fraction of sp³-hybridized carbons (Fsp3) is 0.625. The average Bonchev–Trinajstić information content (AvgIpc) is 3.41. The summed E-state index contributed by atoms with van der Waals surface area (Å²) in [7, 11) is 0. The number of amides is 1. The fourth-order valence-electron chi connectivity index (χ4n) is 8.08. The maximum Gasteiger partial charge on any atom is 0.306 e. The molecule has 0 aromatic rings. The molecule has 0 aromatic heterocycles. The van der Waals surface area contributed by atoms with Crippen LogP contribution in [-0.2, 0) is 23.8 Å². The minimum Gasteiger partial charge on any atom is -0.454 e. The molecular weight excluding hydrogens is 943 g/mol. The normalized spacial score (nSPS) is 20.2. The third-order valence-corrected chi connectivity index (χ3v) is 12.7. The van der Waals surface area contributed by atoms with Crippen LogP contribution in [0, 0.1) is 0 Å². The number of rotatable bonds is 46. The fourth-order valence-corrected chi connectivity index (χ4v) is 8.08. The van der Waals surface area contributed by atoms with Gasteiger partial charge >= 0.3 is 5.97 Å². The van der Waals surface area contributed by atoms with Crippen molar-refractivity contribution in [3.8, 4) is 0 Å². The van der Waals surface area contributed by atoms with Crippen molar-refractivity contribution in [3.63, 3.8) is 0 Å². The highest BCUT2D eigenvalue weighted by molar-refractivity contribution is 5.80. The van der Waals surface area contributed by atoms with Gasteiger partial charge in [0.1, 0.15) is 24.4 Å². The van der Waals surface area contributed by atoms with Gasteiger partial charge in [-0.25, -0.2) is 0 Å². The Morgan fingerprint density at radius 3 is 1.59 bits per heavy atom. The molecule has 0 aliphatic carbocycles. The number of ether oxygens (including phenoxy) is 3. The predicted octanol–water partition coefficient (Wildman–Crippen LogP) is 13.3. The molecule has 424 valence electrons. The third kappa shape index (κ3) is 38.9. The van der Waals surface area contributed by atoms with Crippen molar-refractivity contribution in [2.75, 3.05) is 13.2 Å². The summed E-state index contributed by atoms with van der Waals surface area (Å²) in [4.78, 5) is 26.5. The molecule has 1 aliphatic heterocycles. The molecule has 0 aromatic carbocycles. The van der Waals surface area contributed by atoms with Crippen LogP contribution in [0.25, 0.3) is 0 Å². The first-order valence-corrected chi connectivity index (χ1v) is 29.0. The van der Waals surface area contributed by atoms with E-state index in [0.29, 0.717) is 12.8 Å². The van der Waals surface area contributed by atoms with Crippen molar-refractivity contribution < 1.29 is 49.3 Å². The molecule has 0 spiro atoms. The zero-order valence-electron chi connectivity index (χ0n) is 46.6. The molecule has 1 aliphatic rings. The number of nitrogens with one attached hydrogen (secondary N) is 1. The van der Waals surface area contributed by atoms with Crippen LogP contribution in [0.5, 0.6) is 0 Å². The van der Waals surface area contributed by atoms with Crippen molar-refractivity contribution in [1.82, 2.24) is 5.32 Å². The van der Waals surface area contributed by atoms with Gasteiger partial charge in [-0.15, -0.1) is 0 Å². The van der Waals surface area contributed by atoms with E-state index in [4.69, 9.17) is 14.2 Å². The smallest absolute Gasteiger partial charge is 0.306 e. The van der Waals surface area contributed by atoms with E-state index in [2.05, 4.69) is 80.8 Å². The van der Waals surface area contributed by atoms with Gasteiger partial charge < -0.3 is 45.1 Å². The highest BCUT2D eigenvalue weighted by atomic mass is 16.7. The van der Waals surface area contributed by atoms with Crippen LogP contribution in [0.1, 0.15) is 194 Å². The number of allylic oxidation sites excluding steroid dienone is 21. The number of hydrogen-bond donors (Lipinski definition) is 6. The summed E-state index contributed by atoms with van der Waals surface area (Å²) in [5, 5.41) is 56.8. The van der Waals surface area contributed by atoms with E-state index in [1.807, 2.05) is 72.9 Å². The van der Waals surface area contributed by atoms with Crippen molar-refractivity contribution >= 4 is 11.9 Å². The molecule has 75 heavy (non-hydrogen) atoms. The standard InChI is InChI=1S/C64H103NO10/c1-4-7-10-13-16-19-22-24-26-28-29-30-32-34-37-40-43-46-49-52-59(69)75-62-61(71)60(70)58(53-66)74-64(62)73-54-55(56(67)50-47-44-41-38-35-21-18-15-12-9-6-3)65-63(72)57(68)51-48-45-42-39-36-33-31-27-25-23-20-17-14-11-8-5-2/h8,11,14,16-17,19-20,23-27,29-31,33-34,36-37,39,47,50,55-58,60-62,64,66-68,70-71H,4-7,9-10,12-13,15,18,21-22,28,32,35,38,40-46,48-49,51-54H2,1-3H3,(H,65,72)/b11-8-,17-14+,19-16-,23-20+,26-24-,27-25-,30-29-,33-31+,37-34-,39-36+,50-47+. The molecule has 0 radical (unpaired) electrons. The third-order valence-electron chi connectivity index (χ3n) is 12.7. The quantitative estimate of drug-likeness (QED) is 0.0149. The van der Waals surface area contributed by atoms with E-state index >= 15 is 0 Å². The summed E-state index contributed by atoms with van der Waals surface area (Å²) >= 11 is 0. The zero-order chi connectivity index (χ0) is 54.7. The molecule has 8 unspecified atom stereocenters. The Kier molecular flexibility index (Phi) is 46.4. The highest BCUT2D eigenvalue weighted by Crippen LogP contribution is 2.26. The molecule has 11 heteroatoms. The zero-order valence-corrected chi connectivity index (χ0v) is 46.6. The molecular formula is C64H103NO10. The highest BCUT2D eigenvalue weighted by Gasteiger charge is 2.47. The topological polar surface area (TPSA) is 175 Å². The second kappa shape index (κ2) is 50.6. The van der Waals surface area contributed by atoms with E-state index in [0.717, 1.165) is 89.9 Å². The first-order valence-electron chi connectivity index (χ1n) is 29.0. The van der Waals surface area contributed by atoms with Gasteiger partial charge in [0.25, 0.3) is 0 Å². The van der Waals surface area contributed by atoms with Gasteiger partial charge in [0.05, 0.1) is 25.4 Å². The van der Waals surface area contributed by atoms with Gasteiger partial charge in [-0.2, -0.15) is 0 Å². The minimum absolute atomic E-state index is 0.0718. The van der Waals surface area contributed by atoms with Crippen LogP contribution in [-0.4, -0.2) is 99.6 Å². The monoisotopic (exact) mass is 1050 g/mol. The number of hydrogen-bond acceptors (Lipinski definition) is 10. The number of aliphatic hydroxyl groups excluding tert-OH is 5. The number of carbonyl (C=O) groups is 2. The van der Waals surface area contributed by atoms with Gasteiger partial charge in [-0.1, -0.05) is 231 Å². The predicted molar refractivity (Wildman–Crippen MR) is 310 cm³/mol. The second-order valence-electron chi connectivity index (χ2n) is 19.4. The summed E-state index contributed by atoms with van der Waals surface area (Å²) in [5.74, 6) is -1.29. The molecule has 1 saturated heterocycles. The van der Waals surface area contributed by atoms with Crippen LogP contribution in [0.4, 0.5) is 0 Å². The summed E-state index contributed by atoms with van der Waals surface area (Å²) in [6.07, 6.45) is 60.6. The van der Waals surface area contributed by atoms with Crippen molar-refractivity contribution in [1.29, 1.82) is 0 Å². The first-order chi connectivity index (χ1) is 36.7. The lowest BCUT2D eigenvalue weighted by Crippen LogP contribution is -2.61. The van der Waals surface area contributed by atoms with Crippen LogP contribution >= 0.6 is 0 Å². The number of esters is 1. The number of aliphatic hydroxyl groups is 5. The second-order valence-corrected chi connectivity index (χ2v) is 19.4. The SMILES string of the molecule is CC\C=C/C=C/C=C/C=C\C=C\C=C\CCCCC(O)C(=O)NC(COC1OC(CO)C(O)C(O)C1OC(=O)CCCCC/C=C\C/C=C\C/C=C\C/C=C\CCCCC)C(O)/C=C/CCCCCCCCCCC. The van der Waals surface area contributed by atoms with E-state index in [-0.39, 0.29) is 19.4 Å². The Morgan fingerprint density at radius 1 is 0.547 bits per heavy atom. The molecule has 1 heterocycles. The van der Waals surface area contributed by atoms with Crippen molar-refractivity contribution in [3.05, 3.63) is 134 Å². The molecule has 0 bridgehead atoms. The van der Waals surface area contributed by atoms with Crippen molar-refractivity contribution in [2.45, 2.75) is 243 Å². The van der Waals surface area contributed by atoms with Crippen molar-refractivity contribution in [2.24, 2.45) is 0 Å². The maximum absolute atomic E-state index is 13.4. The molecule has 8 atom stereocenters. The largest absolute Gasteiger partial charge is 0.454 e. The van der Waals surface area contributed by atoms with Crippen LogP contribution in [0.2, 0.25) is 0 Å². The first kappa shape index (κ1) is 68.8. The summed E-state index contributed by atoms with van der Waals surface area (Å²) in [6, 6.07) is -1.06. The Bertz CT molecular complexity index is 1720. The van der Waals surface area contributed by atoms with Gasteiger partial charge in [0, 0.05) is 6.42 Å². The Hall–Kier alpha value is -4.20. The molecule has 1 rings (SSSR count). The van der Waals surface area contributed by atoms with Crippen LogP contribution in [0.15, 0.2) is 134 Å². The lowest BCUT2D eigenvalue weighted by molar-refractivity contribution is -0.305. The molecule has 0 saturated carbocycles. The van der Waals surface area contributed by atoms with Gasteiger partial charge in [-0.05, 0) is 89.9 Å². The lowest BCUT2D eigenvalue weighted by atomic mass is 9.99. The van der Waals surface area contributed by atoms with Gasteiger partial charge in [0.2, 0.25) is 5.91 Å². The Balaban J connectivity index is 2.78. The van der Waals surface area contributed by atoms with E-state index in [9.17, 15) is 35.1 Å². The summed E-state index contributed by atoms with van der Waals surface area (Å²) < 4.78 is 17.5. The molecule has 1 amide bonds. The van der Waals surface area contributed by atoms with E-state index < -0.39 is 67.4 Å². The van der Waals surface area contributed by atoms with E-state index in [1.54, 1.807) is 6.08 Å². The Morgan fingerprint density at radius 2 is 1.01 bits per heavy atom. The number of carbonyl (C=O) groups excluding carboxylic acids is 2.